The molecule has 0 N–H and O–H groups in total. The van der Waals surface area contributed by atoms with Crippen molar-refractivity contribution in [2.24, 2.45) is 11.3 Å². The molecular formula is C12H16O. The van der Waals surface area contributed by atoms with Crippen molar-refractivity contribution in [1.29, 1.82) is 0 Å². The summed E-state index contributed by atoms with van der Waals surface area (Å²) in [7, 11) is 0. The molecule has 1 nitrogen and oxygen atoms in total. The van der Waals surface area contributed by atoms with Crippen LogP contribution in [0.4, 0.5) is 0 Å². The second-order valence-electron chi connectivity index (χ2n) is 4.30. The maximum absolute atomic E-state index is 11.4. The molecule has 2 rings (SSSR count). The van der Waals surface area contributed by atoms with Gasteiger partial charge >= 0.3 is 0 Å². The topological polar surface area (TPSA) is 17.1 Å². The molecule has 0 spiro atoms. The first-order valence-electron chi connectivity index (χ1n) is 5.07. The lowest BCUT2D eigenvalue weighted by molar-refractivity contribution is -0.124. The summed E-state index contributed by atoms with van der Waals surface area (Å²) in [5, 5.41) is 0. The Balaban J connectivity index is 2.27. The lowest BCUT2D eigenvalue weighted by Crippen LogP contribution is -2.36. The van der Waals surface area contributed by atoms with Gasteiger partial charge < -0.3 is 0 Å². The van der Waals surface area contributed by atoms with Crippen molar-refractivity contribution in [3.63, 3.8) is 0 Å². The number of hydrogen-bond donors (Lipinski definition) is 0. The maximum Gasteiger partial charge on any atom is 0.133 e. The van der Waals surface area contributed by atoms with Crippen LogP contribution in [0, 0.1) is 11.3 Å². The number of ketones is 1. The van der Waals surface area contributed by atoms with Gasteiger partial charge in [0.05, 0.1) is 0 Å². The zero-order chi connectivity index (χ0) is 9.31. The first-order valence-corrected chi connectivity index (χ1v) is 5.07. The largest absolute Gasteiger partial charge is 0.300 e. The number of carbonyl (C=O) groups is 1. The van der Waals surface area contributed by atoms with Gasteiger partial charge in [-0.15, -0.1) is 6.58 Å². The molecule has 0 aromatic heterocycles. The highest BCUT2D eigenvalue weighted by molar-refractivity contribution is 5.80. The van der Waals surface area contributed by atoms with E-state index in [1.54, 1.807) is 0 Å². The van der Waals surface area contributed by atoms with Crippen LogP contribution >= 0.6 is 0 Å². The minimum absolute atomic E-state index is 0.115. The molecule has 2 atom stereocenters. The molecule has 0 amide bonds. The van der Waals surface area contributed by atoms with E-state index < -0.39 is 0 Å². The van der Waals surface area contributed by atoms with E-state index >= 15 is 0 Å². The predicted octanol–water partition coefficient (Wildman–Crippen LogP) is 2.88. The summed E-state index contributed by atoms with van der Waals surface area (Å²) < 4.78 is 0. The van der Waals surface area contributed by atoms with Gasteiger partial charge in [-0.05, 0) is 25.2 Å². The van der Waals surface area contributed by atoms with Gasteiger partial charge in [-0.25, -0.2) is 0 Å². The van der Waals surface area contributed by atoms with Crippen LogP contribution in [0.15, 0.2) is 24.8 Å². The summed E-state index contributed by atoms with van der Waals surface area (Å²) in [4.78, 5) is 11.4. The van der Waals surface area contributed by atoms with E-state index in [9.17, 15) is 4.79 Å². The highest BCUT2D eigenvalue weighted by Crippen LogP contribution is 2.47. The third kappa shape index (κ3) is 1.37. The number of Topliss-reactive ketones (excluding diaryl/α,β-unsaturated/α-hetero) is 1. The summed E-state index contributed by atoms with van der Waals surface area (Å²) in [6.07, 6.45) is 11.2. The van der Waals surface area contributed by atoms with Crippen molar-refractivity contribution in [3.05, 3.63) is 24.8 Å². The van der Waals surface area contributed by atoms with E-state index in [0.717, 1.165) is 32.1 Å². The highest BCUT2D eigenvalue weighted by Gasteiger charge is 2.41. The van der Waals surface area contributed by atoms with E-state index in [1.807, 2.05) is 6.08 Å². The van der Waals surface area contributed by atoms with E-state index in [0.29, 0.717) is 11.7 Å². The van der Waals surface area contributed by atoms with Crippen LogP contribution in [0.3, 0.4) is 0 Å². The Morgan fingerprint density at radius 1 is 1.54 bits per heavy atom. The van der Waals surface area contributed by atoms with Crippen LogP contribution in [-0.4, -0.2) is 5.78 Å². The second kappa shape index (κ2) is 3.13. The monoisotopic (exact) mass is 176 g/mol. The third-order valence-electron chi connectivity index (χ3n) is 3.60. The lowest BCUT2D eigenvalue weighted by atomic mass is 9.61. The molecule has 0 bridgehead atoms. The fourth-order valence-corrected chi connectivity index (χ4v) is 2.70. The number of allylic oxidation sites excluding steroid dienone is 3. The normalized spacial score (nSPS) is 38.5. The molecule has 70 valence electrons. The summed E-state index contributed by atoms with van der Waals surface area (Å²) in [6, 6.07) is 0. The zero-order valence-corrected chi connectivity index (χ0v) is 7.96. The molecular weight excluding hydrogens is 160 g/mol. The van der Waals surface area contributed by atoms with Crippen LogP contribution < -0.4 is 0 Å². The van der Waals surface area contributed by atoms with Crippen LogP contribution in [0.2, 0.25) is 0 Å². The van der Waals surface area contributed by atoms with Crippen molar-refractivity contribution in [3.8, 4) is 0 Å². The summed E-state index contributed by atoms with van der Waals surface area (Å²) in [5.41, 5.74) is 0.115. The fraction of sp³-hybridized carbons (Fsp3) is 0.583. The van der Waals surface area contributed by atoms with Gasteiger partial charge in [0.25, 0.3) is 0 Å². The first-order chi connectivity index (χ1) is 6.27. The molecule has 0 aromatic carbocycles. The average molecular weight is 176 g/mol. The molecule has 0 heterocycles. The third-order valence-corrected chi connectivity index (χ3v) is 3.60. The van der Waals surface area contributed by atoms with E-state index in [4.69, 9.17) is 0 Å². The number of fused-ring (bicyclic) bond motifs is 1. The lowest BCUT2D eigenvalue weighted by Gasteiger charge is -2.42. The molecule has 0 saturated heterocycles. The molecule has 0 aliphatic heterocycles. The number of hydrogen-bond acceptors (Lipinski definition) is 1. The summed E-state index contributed by atoms with van der Waals surface area (Å²) in [6.45, 7) is 3.91. The standard InChI is InChI=1S/C12H16O/c1-2-12-8-4-3-5-10(12)6-7-11(13)9-12/h2-4,10H,1,5-9H2/t10-,12+/m0/s1. The SMILES string of the molecule is C=C[C@]12CC=CC[C@H]1CCC(=O)C2. The van der Waals surface area contributed by atoms with Gasteiger partial charge in [-0.2, -0.15) is 0 Å². The fourth-order valence-electron chi connectivity index (χ4n) is 2.70. The van der Waals surface area contributed by atoms with Crippen LogP contribution in [-0.2, 0) is 4.79 Å². The molecule has 0 radical (unpaired) electrons. The summed E-state index contributed by atoms with van der Waals surface area (Å²) in [5.74, 6) is 1.10. The van der Waals surface area contributed by atoms with Crippen LogP contribution in [0.5, 0.6) is 0 Å². The van der Waals surface area contributed by atoms with Crippen LogP contribution in [0.25, 0.3) is 0 Å². The van der Waals surface area contributed by atoms with Gasteiger partial charge in [-0.1, -0.05) is 18.2 Å². The van der Waals surface area contributed by atoms with E-state index in [-0.39, 0.29) is 5.41 Å². The van der Waals surface area contributed by atoms with Crippen molar-refractivity contribution in [1.82, 2.24) is 0 Å². The molecule has 2 aliphatic rings. The molecule has 0 aromatic rings. The number of rotatable bonds is 1. The molecule has 1 heteroatoms. The average Bonchev–Trinajstić information content (AvgIpc) is 2.17. The van der Waals surface area contributed by atoms with Gasteiger partial charge in [0.15, 0.2) is 0 Å². The van der Waals surface area contributed by atoms with Gasteiger partial charge in [0.2, 0.25) is 0 Å². The van der Waals surface area contributed by atoms with Gasteiger partial charge in [-0.3, -0.25) is 4.79 Å². The predicted molar refractivity (Wildman–Crippen MR) is 53.4 cm³/mol. The Labute approximate surface area is 79.5 Å². The minimum atomic E-state index is 0.115. The van der Waals surface area contributed by atoms with Crippen LogP contribution in [0.1, 0.15) is 32.1 Å². The molecule has 13 heavy (non-hydrogen) atoms. The maximum atomic E-state index is 11.4. The zero-order valence-electron chi connectivity index (χ0n) is 7.96. The van der Waals surface area contributed by atoms with E-state index in [1.165, 1.54) is 0 Å². The molecule has 1 fully saturated rings. The van der Waals surface area contributed by atoms with E-state index in [2.05, 4.69) is 18.7 Å². The quantitative estimate of drug-likeness (QED) is 0.561. The molecule has 1 saturated carbocycles. The second-order valence-corrected chi connectivity index (χ2v) is 4.30. The van der Waals surface area contributed by atoms with Crippen molar-refractivity contribution < 1.29 is 4.79 Å². The molecule has 0 unspecified atom stereocenters. The Bertz CT molecular complexity index is 264. The van der Waals surface area contributed by atoms with Gasteiger partial charge in [0.1, 0.15) is 5.78 Å². The minimum Gasteiger partial charge on any atom is -0.300 e. The first kappa shape index (κ1) is 8.74. The Morgan fingerprint density at radius 2 is 2.38 bits per heavy atom. The number of carbonyl (C=O) groups excluding carboxylic acids is 1. The van der Waals surface area contributed by atoms with Gasteiger partial charge in [0, 0.05) is 18.3 Å². The van der Waals surface area contributed by atoms with Crippen molar-refractivity contribution in [2.45, 2.75) is 32.1 Å². The summed E-state index contributed by atoms with van der Waals surface area (Å²) >= 11 is 0. The Hall–Kier alpha value is -0.850. The Morgan fingerprint density at radius 3 is 3.15 bits per heavy atom. The smallest absolute Gasteiger partial charge is 0.133 e. The van der Waals surface area contributed by atoms with Crippen molar-refractivity contribution in [2.75, 3.05) is 0 Å². The Kier molecular flexibility index (Phi) is 2.10. The highest BCUT2D eigenvalue weighted by atomic mass is 16.1. The van der Waals surface area contributed by atoms with Crippen molar-refractivity contribution >= 4 is 5.78 Å². The molecule has 2 aliphatic carbocycles.